The molecule has 2 fully saturated rings. The van der Waals surface area contributed by atoms with E-state index in [9.17, 15) is 19.2 Å². The van der Waals surface area contributed by atoms with Crippen LogP contribution in [0.5, 0.6) is 0 Å². The summed E-state index contributed by atoms with van der Waals surface area (Å²) < 4.78 is 0. The van der Waals surface area contributed by atoms with Crippen molar-refractivity contribution in [3.8, 4) is 0 Å². The third kappa shape index (κ3) is 9.51. The Morgan fingerprint density at radius 2 is 0.932 bits per heavy atom. The lowest BCUT2D eigenvalue weighted by Crippen LogP contribution is -2.35. The van der Waals surface area contributed by atoms with Crippen LogP contribution in [0.2, 0.25) is 0 Å². The van der Waals surface area contributed by atoms with Gasteiger partial charge < -0.3 is 21.3 Å². The van der Waals surface area contributed by atoms with E-state index < -0.39 is 12.1 Å². The number of carbonyl (C=O) groups excluding carboxylic acids is 4. The molecule has 0 aromatic heterocycles. The van der Waals surface area contributed by atoms with Gasteiger partial charge in [-0.25, -0.2) is 9.59 Å². The number of unbranched alkanes of at least 4 members (excludes halogenated alkanes) is 8. The van der Waals surface area contributed by atoms with Crippen LogP contribution in [0.4, 0.5) is 9.59 Å². The largest absolute Gasteiger partial charge is 0.330 e. The van der Waals surface area contributed by atoms with E-state index in [0.717, 1.165) is 88.2 Å². The van der Waals surface area contributed by atoms with Crippen molar-refractivity contribution < 1.29 is 19.2 Å². The molecule has 6 amide bonds. The number of nitrogens with two attached hydrogens (primary N) is 2. The quantitative estimate of drug-likeness (QED) is 0.134. The molecule has 2 atom stereocenters. The lowest BCUT2D eigenvalue weighted by Gasteiger charge is -2.23. The van der Waals surface area contributed by atoms with Crippen LogP contribution in [0.1, 0.15) is 115 Å². The molecule has 1 aromatic rings. The highest BCUT2D eigenvalue weighted by molar-refractivity contribution is 6.04. The number of carbonyl (C=O) groups is 4. The molecule has 3 rings (SSSR count). The van der Waals surface area contributed by atoms with Gasteiger partial charge in [-0.2, -0.15) is 0 Å². The van der Waals surface area contributed by atoms with Crippen LogP contribution < -0.4 is 11.5 Å². The molecule has 2 heterocycles. The van der Waals surface area contributed by atoms with Gasteiger partial charge in [-0.1, -0.05) is 76.6 Å². The summed E-state index contributed by atoms with van der Waals surface area (Å²) in [7, 11) is 0. The Labute approximate surface area is 264 Å². The molecule has 0 saturated carbocycles. The van der Waals surface area contributed by atoms with E-state index in [2.05, 4.69) is 13.8 Å². The van der Waals surface area contributed by atoms with Gasteiger partial charge in [0.1, 0.15) is 12.1 Å². The van der Waals surface area contributed by atoms with Crippen molar-refractivity contribution in [1.29, 1.82) is 0 Å². The topological polar surface area (TPSA) is 133 Å². The molecule has 1 aromatic carbocycles. The number of nitrogens with zero attached hydrogens (tertiary/aromatic N) is 4. The van der Waals surface area contributed by atoms with Crippen molar-refractivity contribution in [1.82, 2.24) is 19.6 Å². The Morgan fingerprint density at radius 1 is 0.545 bits per heavy atom. The summed E-state index contributed by atoms with van der Waals surface area (Å²) in [4.78, 5) is 59.7. The normalized spacial score (nSPS) is 18.9. The number of benzene rings is 1. The van der Waals surface area contributed by atoms with Crippen molar-refractivity contribution >= 4 is 23.9 Å². The first-order valence-electron chi connectivity index (χ1n) is 17.1. The van der Waals surface area contributed by atoms with Gasteiger partial charge >= 0.3 is 12.1 Å². The van der Waals surface area contributed by atoms with E-state index in [4.69, 9.17) is 11.5 Å². The molecule has 0 bridgehead atoms. The Bertz CT molecular complexity index is 981. The predicted octanol–water partition coefficient (Wildman–Crippen LogP) is 5.37. The van der Waals surface area contributed by atoms with Crippen LogP contribution in [0.25, 0.3) is 0 Å². The SMILES string of the molecule is CCCCCCN1C(=O)[C@H](CCCCN)N(Cc2ccc(CN3C(=O)N(CCCCCC)C(=O)[C@@H]3CCCCN)cc2)C1=O. The first kappa shape index (κ1) is 35.5. The summed E-state index contributed by atoms with van der Waals surface area (Å²) in [6.07, 6.45) is 12.5. The van der Waals surface area contributed by atoms with Crippen LogP contribution in [0.15, 0.2) is 24.3 Å². The summed E-state index contributed by atoms with van der Waals surface area (Å²) >= 11 is 0. The Kier molecular flexibility index (Phi) is 15.1. The van der Waals surface area contributed by atoms with Gasteiger partial charge in [-0.3, -0.25) is 19.4 Å². The minimum atomic E-state index is -0.467. The van der Waals surface area contributed by atoms with Gasteiger partial charge in [0.05, 0.1) is 0 Å². The zero-order chi connectivity index (χ0) is 31.9. The lowest BCUT2D eigenvalue weighted by atomic mass is 10.1. The fourth-order valence-electron chi connectivity index (χ4n) is 6.22. The molecule has 44 heavy (non-hydrogen) atoms. The van der Waals surface area contributed by atoms with E-state index >= 15 is 0 Å². The molecular formula is C34H56N6O4. The molecular weight excluding hydrogens is 556 g/mol. The maximum absolute atomic E-state index is 13.4. The third-order valence-corrected chi connectivity index (χ3v) is 8.87. The van der Waals surface area contributed by atoms with Gasteiger partial charge in [-0.15, -0.1) is 0 Å². The highest BCUT2D eigenvalue weighted by atomic mass is 16.2. The van der Waals surface area contributed by atoms with Crippen LogP contribution in [0, 0.1) is 0 Å². The second kappa shape index (κ2) is 18.7. The second-order valence-corrected chi connectivity index (χ2v) is 12.3. The minimum Gasteiger partial charge on any atom is -0.330 e. The number of amides is 6. The van der Waals surface area contributed by atoms with Crippen molar-refractivity contribution in [3.63, 3.8) is 0 Å². The average Bonchev–Trinajstić information content (AvgIpc) is 3.37. The van der Waals surface area contributed by atoms with E-state index in [1.54, 1.807) is 9.80 Å². The number of hydrogen-bond donors (Lipinski definition) is 2. The Hall–Kier alpha value is -2.98. The molecule has 2 saturated heterocycles. The molecule has 0 aliphatic carbocycles. The summed E-state index contributed by atoms with van der Waals surface area (Å²) in [6, 6.07) is 6.48. The molecule has 2 aliphatic rings. The molecule has 4 N–H and O–H groups in total. The van der Waals surface area contributed by atoms with Gasteiger partial charge in [0.15, 0.2) is 0 Å². The van der Waals surface area contributed by atoms with Crippen LogP contribution >= 0.6 is 0 Å². The fraction of sp³-hybridized carbons (Fsp3) is 0.706. The molecule has 0 unspecified atom stereocenters. The zero-order valence-electron chi connectivity index (χ0n) is 27.2. The van der Waals surface area contributed by atoms with Gasteiger partial charge in [-0.05, 0) is 75.6 Å². The van der Waals surface area contributed by atoms with Crippen LogP contribution in [-0.2, 0) is 22.7 Å². The Balaban J connectivity index is 1.69. The number of hydrogen-bond acceptors (Lipinski definition) is 6. The standard InChI is InChI=1S/C34H56N6O4/c1-3-5-7-13-23-37-31(41)29(15-9-11-21-35)39(33(37)43)25-27-17-19-28(20-18-27)26-40-30(16-10-12-22-36)32(42)38(34(40)44)24-14-8-6-4-2/h17-20,29-30H,3-16,21-26,35-36H2,1-2H3/t29-,30-/m0/s1. The predicted molar refractivity (Wildman–Crippen MR) is 173 cm³/mol. The molecule has 2 aliphatic heterocycles. The van der Waals surface area contributed by atoms with Crippen molar-refractivity contribution in [2.24, 2.45) is 11.5 Å². The van der Waals surface area contributed by atoms with Crippen LogP contribution in [0.3, 0.4) is 0 Å². The van der Waals surface area contributed by atoms with Crippen LogP contribution in [-0.4, -0.2) is 81.7 Å². The summed E-state index contributed by atoms with van der Waals surface area (Å²) in [5, 5.41) is 0. The second-order valence-electron chi connectivity index (χ2n) is 12.3. The molecule has 10 nitrogen and oxygen atoms in total. The maximum Gasteiger partial charge on any atom is 0.327 e. The van der Waals surface area contributed by atoms with E-state index in [1.165, 1.54) is 9.80 Å². The highest BCUT2D eigenvalue weighted by Crippen LogP contribution is 2.27. The molecule has 10 heteroatoms. The number of imide groups is 2. The average molecular weight is 613 g/mol. The van der Waals surface area contributed by atoms with Crippen molar-refractivity contribution in [3.05, 3.63) is 35.4 Å². The number of rotatable bonds is 22. The molecule has 246 valence electrons. The third-order valence-electron chi connectivity index (χ3n) is 8.87. The molecule has 0 spiro atoms. The smallest absolute Gasteiger partial charge is 0.327 e. The monoisotopic (exact) mass is 612 g/mol. The highest BCUT2D eigenvalue weighted by Gasteiger charge is 2.45. The van der Waals surface area contributed by atoms with E-state index in [-0.39, 0.29) is 23.9 Å². The van der Waals surface area contributed by atoms with E-state index in [0.29, 0.717) is 52.1 Å². The summed E-state index contributed by atoms with van der Waals surface area (Å²) in [6.45, 7) is 7.02. The van der Waals surface area contributed by atoms with Gasteiger partial charge in [0, 0.05) is 26.2 Å². The van der Waals surface area contributed by atoms with Gasteiger partial charge in [0.2, 0.25) is 0 Å². The minimum absolute atomic E-state index is 0.0997. The van der Waals surface area contributed by atoms with Crippen molar-refractivity contribution in [2.45, 2.75) is 129 Å². The Morgan fingerprint density at radius 3 is 1.27 bits per heavy atom. The lowest BCUT2D eigenvalue weighted by molar-refractivity contribution is -0.129. The maximum atomic E-state index is 13.4. The fourth-order valence-corrected chi connectivity index (χ4v) is 6.22. The zero-order valence-corrected chi connectivity index (χ0v) is 27.2. The molecule has 0 radical (unpaired) electrons. The van der Waals surface area contributed by atoms with Gasteiger partial charge in [0.25, 0.3) is 11.8 Å². The summed E-state index contributed by atoms with van der Waals surface area (Å²) in [5.41, 5.74) is 13.2. The first-order chi connectivity index (χ1) is 21.4. The van der Waals surface area contributed by atoms with E-state index in [1.807, 2.05) is 24.3 Å². The number of urea groups is 2. The first-order valence-corrected chi connectivity index (χ1v) is 17.1. The van der Waals surface area contributed by atoms with Crippen molar-refractivity contribution in [2.75, 3.05) is 26.2 Å². The summed E-state index contributed by atoms with van der Waals surface area (Å²) in [5.74, 6) is -0.199.